The number of amides is 1. The van der Waals surface area contributed by atoms with Crippen molar-refractivity contribution in [1.82, 2.24) is 9.80 Å². The van der Waals surface area contributed by atoms with E-state index in [2.05, 4.69) is 18.7 Å². The van der Waals surface area contributed by atoms with Gasteiger partial charge in [-0.2, -0.15) is 0 Å². The lowest BCUT2D eigenvalue weighted by molar-refractivity contribution is -0.132. The van der Waals surface area contributed by atoms with Gasteiger partial charge in [0.05, 0.1) is 0 Å². The van der Waals surface area contributed by atoms with Gasteiger partial charge in [0.25, 0.3) is 0 Å². The molecular weight excluding hydrogens is 188 g/mol. The summed E-state index contributed by atoms with van der Waals surface area (Å²) >= 11 is 0. The quantitative estimate of drug-likeness (QED) is 0.693. The molecule has 3 nitrogen and oxygen atoms in total. The Morgan fingerprint density at radius 3 is 2.27 bits per heavy atom. The summed E-state index contributed by atoms with van der Waals surface area (Å²) in [5.41, 5.74) is 0. The molecule has 0 spiro atoms. The summed E-state index contributed by atoms with van der Waals surface area (Å²) in [7, 11) is 0. The van der Waals surface area contributed by atoms with E-state index >= 15 is 0 Å². The van der Waals surface area contributed by atoms with E-state index in [1.807, 2.05) is 4.90 Å². The molecule has 1 amide bonds. The normalized spacial score (nSPS) is 17.1. The molecule has 0 bridgehead atoms. The van der Waals surface area contributed by atoms with Gasteiger partial charge in [-0.1, -0.05) is 13.8 Å². The van der Waals surface area contributed by atoms with Crippen molar-refractivity contribution in [2.24, 2.45) is 0 Å². The third-order valence-electron chi connectivity index (χ3n) is 3.25. The Balaban J connectivity index is 2.22. The van der Waals surface area contributed by atoms with Crippen molar-refractivity contribution in [3.63, 3.8) is 0 Å². The second kappa shape index (κ2) is 6.83. The van der Waals surface area contributed by atoms with Crippen LogP contribution in [0.3, 0.4) is 0 Å². The first kappa shape index (κ1) is 12.5. The van der Waals surface area contributed by atoms with Crippen molar-refractivity contribution in [2.45, 2.75) is 39.5 Å². The Kier molecular flexibility index (Phi) is 5.69. The van der Waals surface area contributed by atoms with Gasteiger partial charge in [-0.15, -0.1) is 0 Å². The van der Waals surface area contributed by atoms with E-state index < -0.39 is 0 Å². The summed E-state index contributed by atoms with van der Waals surface area (Å²) in [5.74, 6) is 0.349. The van der Waals surface area contributed by atoms with Crippen molar-refractivity contribution in [3.05, 3.63) is 0 Å². The molecular formula is C12H24N2O. The number of carbonyl (C=O) groups excluding carboxylic acids is 1. The summed E-state index contributed by atoms with van der Waals surface area (Å²) in [4.78, 5) is 16.2. The minimum Gasteiger partial charge on any atom is -0.343 e. The van der Waals surface area contributed by atoms with Crippen molar-refractivity contribution < 1.29 is 4.79 Å². The van der Waals surface area contributed by atoms with Gasteiger partial charge in [0.15, 0.2) is 0 Å². The van der Waals surface area contributed by atoms with Gasteiger partial charge in [0.1, 0.15) is 0 Å². The van der Waals surface area contributed by atoms with Crippen LogP contribution in [0, 0.1) is 0 Å². The topological polar surface area (TPSA) is 23.6 Å². The maximum absolute atomic E-state index is 11.8. The maximum atomic E-state index is 11.8. The molecule has 0 aromatic rings. The summed E-state index contributed by atoms with van der Waals surface area (Å²) in [5, 5.41) is 0. The summed E-state index contributed by atoms with van der Waals surface area (Å²) in [6.07, 6.45) is 4.37. The lowest BCUT2D eigenvalue weighted by Gasteiger charge is -2.27. The molecule has 0 atom stereocenters. The van der Waals surface area contributed by atoms with E-state index in [1.165, 1.54) is 19.3 Å². The zero-order chi connectivity index (χ0) is 11.1. The highest BCUT2D eigenvalue weighted by atomic mass is 16.2. The molecule has 0 radical (unpaired) electrons. The first-order valence-electron chi connectivity index (χ1n) is 6.28. The van der Waals surface area contributed by atoms with Crippen LogP contribution in [0.5, 0.6) is 0 Å². The van der Waals surface area contributed by atoms with E-state index in [0.717, 1.165) is 32.7 Å². The first-order valence-corrected chi connectivity index (χ1v) is 6.28. The second-order valence-electron chi connectivity index (χ2n) is 4.22. The van der Waals surface area contributed by atoms with Gasteiger partial charge in [-0.05, 0) is 32.4 Å². The maximum Gasteiger partial charge on any atom is 0.223 e. The molecule has 3 heteroatoms. The number of likely N-dealkylation sites (tertiary alicyclic amines) is 1. The predicted octanol–water partition coefficient (Wildman–Crippen LogP) is 1.73. The number of hydrogen-bond donors (Lipinski definition) is 0. The number of rotatable bonds is 5. The summed E-state index contributed by atoms with van der Waals surface area (Å²) in [6, 6.07) is 0. The average molecular weight is 212 g/mol. The van der Waals surface area contributed by atoms with Crippen LogP contribution in [0.2, 0.25) is 0 Å². The van der Waals surface area contributed by atoms with Crippen LogP contribution in [0.15, 0.2) is 0 Å². The van der Waals surface area contributed by atoms with Crippen LogP contribution in [0.1, 0.15) is 39.5 Å². The molecule has 0 unspecified atom stereocenters. The summed E-state index contributed by atoms with van der Waals surface area (Å²) < 4.78 is 0. The standard InChI is InChI=1S/C12H24N2O/c1-3-13(4-2)11-8-12(15)14-9-6-5-7-10-14/h3-11H2,1-2H3. The Labute approximate surface area is 93.4 Å². The molecule has 1 saturated heterocycles. The van der Waals surface area contributed by atoms with Gasteiger partial charge < -0.3 is 9.80 Å². The van der Waals surface area contributed by atoms with Crippen LogP contribution in [0.4, 0.5) is 0 Å². The zero-order valence-corrected chi connectivity index (χ0v) is 10.2. The molecule has 0 aromatic carbocycles. The third kappa shape index (κ3) is 4.20. The average Bonchev–Trinajstić information content (AvgIpc) is 2.31. The molecule has 0 saturated carbocycles. The minimum atomic E-state index is 0.349. The van der Waals surface area contributed by atoms with Crippen molar-refractivity contribution >= 4 is 5.91 Å². The Morgan fingerprint density at radius 1 is 1.13 bits per heavy atom. The van der Waals surface area contributed by atoms with E-state index in [0.29, 0.717) is 12.3 Å². The molecule has 88 valence electrons. The highest BCUT2D eigenvalue weighted by molar-refractivity contribution is 5.76. The summed E-state index contributed by atoms with van der Waals surface area (Å²) in [6.45, 7) is 9.27. The molecule has 1 rings (SSSR count). The Bertz CT molecular complexity index is 184. The van der Waals surface area contributed by atoms with E-state index in [1.54, 1.807) is 0 Å². The van der Waals surface area contributed by atoms with Gasteiger partial charge in [-0.25, -0.2) is 0 Å². The highest BCUT2D eigenvalue weighted by Gasteiger charge is 2.16. The predicted molar refractivity (Wildman–Crippen MR) is 62.8 cm³/mol. The molecule has 1 fully saturated rings. The Hall–Kier alpha value is -0.570. The monoisotopic (exact) mass is 212 g/mol. The lowest BCUT2D eigenvalue weighted by atomic mass is 10.1. The van der Waals surface area contributed by atoms with E-state index in [4.69, 9.17) is 0 Å². The van der Waals surface area contributed by atoms with Crippen LogP contribution in [0.25, 0.3) is 0 Å². The zero-order valence-electron chi connectivity index (χ0n) is 10.2. The van der Waals surface area contributed by atoms with Crippen LogP contribution >= 0.6 is 0 Å². The molecule has 0 N–H and O–H groups in total. The van der Waals surface area contributed by atoms with Crippen LogP contribution < -0.4 is 0 Å². The number of nitrogens with zero attached hydrogens (tertiary/aromatic N) is 2. The highest BCUT2D eigenvalue weighted by Crippen LogP contribution is 2.10. The SMILES string of the molecule is CCN(CC)CCC(=O)N1CCCCC1. The third-order valence-corrected chi connectivity index (χ3v) is 3.25. The van der Waals surface area contributed by atoms with E-state index in [-0.39, 0.29) is 0 Å². The second-order valence-corrected chi connectivity index (χ2v) is 4.22. The van der Waals surface area contributed by atoms with Crippen molar-refractivity contribution in [2.75, 3.05) is 32.7 Å². The molecule has 0 aliphatic carbocycles. The fraction of sp³-hybridized carbons (Fsp3) is 0.917. The van der Waals surface area contributed by atoms with Crippen LogP contribution in [-0.2, 0) is 4.79 Å². The Morgan fingerprint density at radius 2 is 1.73 bits per heavy atom. The largest absolute Gasteiger partial charge is 0.343 e. The van der Waals surface area contributed by atoms with Crippen molar-refractivity contribution in [3.8, 4) is 0 Å². The van der Waals surface area contributed by atoms with Crippen molar-refractivity contribution in [1.29, 1.82) is 0 Å². The minimum absolute atomic E-state index is 0.349. The number of piperidine rings is 1. The number of hydrogen-bond acceptors (Lipinski definition) is 2. The fourth-order valence-corrected chi connectivity index (χ4v) is 2.10. The first-order chi connectivity index (χ1) is 7.27. The van der Waals surface area contributed by atoms with Gasteiger partial charge in [0, 0.05) is 26.1 Å². The molecule has 0 aromatic heterocycles. The molecule has 1 heterocycles. The molecule has 1 aliphatic rings. The van der Waals surface area contributed by atoms with Crippen LogP contribution in [-0.4, -0.2) is 48.4 Å². The van der Waals surface area contributed by atoms with Gasteiger partial charge >= 0.3 is 0 Å². The molecule has 15 heavy (non-hydrogen) atoms. The number of carbonyl (C=O) groups is 1. The lowest BCUT2D eigenvalue weighted by Crippen LogP contribution is -2.37. The van der Waals surface area contributed by atoms with Gasteiger partial charge in [-0.3, -0.25) is 4.79 Å². The molecule has 1 aliphatic heterocycles. The smallest absolute Gasteiger partial charge is 0.223 e. The van der Waals surface area contributed by atoms with E-state index in [9.17, 15) is 4.79 Å². The fourth-order valence-electron chi connectivity index (χ4n) is 2.10. The van der Waals surface area contributed by atoms with Gasteiger partial charge in [0.2, 0.25) is 5.91 Å².